The molecule has 0 aromatic carbocycles. The zero-order valence-corrected chi connectivity index (χ0v) is 15.3. The molecule has 0 amide bonds. The van der Waals surface area contributed by atoms with Crippen molar-refractivity contribution < 1.29 is 0 Å². The predicted octanol–water partition coefficient (Wildman–Crippen LogP) is 5.64. The molecule has 3 atom stereocenters. The Labute approximate surface area is 133 Å². The van der Waals surface area contributed by atoms with E-state index in [-0.39, 0.29) is 0 Å². The van der Waals surface area contributed by atoms with E-state index in [1.54, 1.807) is 0 Å². The van der Waals surface area contributed by atoms with E-state index in [1.807, 2.05) is 0 Å². The molecule has 2 rings (SSSR count). The zero-order chi connectivity index (χ0) is 15.5. The summed E-state index contributed by atoms with van der Waals surface area (Å²) in [6.07, 6.45) is 11.7. The first-order valence-corrected chi connectivity index (χ1v) is 9.65. The summed E-state index contributed by atoms with van der Waals surface area (Å²) in [7, 11) is 0. The maximum atomic E-state index is 3.90. The SMILES string of the molecule is CCNC(C1CCC(C(C)(C)C)CC1)C1CCCC(C)C1. The van der Waals surface area contributed by atoms with Crippen molar-refractivity contribution >= 4 is 0 Å². The lowest BCUT2D eigenvalue weighted by Crippen LogP contribution is -2.45. The van der Waals surface area contributed by atoms with E-state index in [0.29, 0.717) is 5.41 Å². The van der Waals surface area contributed by atoms with Gasteiger partial charge in [0.1, 0.15) is 0 Å². The first kappa shape index (κ1) is 17.3. The van der Waals surface area contributed by atoms with Crippen molar-refractivity contribution in [2.75, 3.05) is 6.54 Å². The maximum Gasteiger partial charge on any atom is 0.0124 e. The van der Waals surface area contributed by atoms with Crippen LogP contribution in [0.3, 0.4) is 0 Å². The highest BCUT2D eigenvalue weighted by Gasteiger charge is 2.36. The summed E-state index contributed by atoms with van der Waals surface area (Å²) in [4.78, 5) is 0. The second kappa shape index (κ2) is 7.49. The van der Waals surface area contributed by atoms with Crippen LogP contribution in [0.15, 0.2) is 0 Å². The smallest absolute Gasteiger partial charge is 0.0124 e. The topological polar surface area (TPSA) is 12.0 Å². The third-order valence-electron chi connectivity index (χ3n) is 6.43. The molecule has 1 N–H and O–H groups in total. The predicted molar refractivity (Wildman–Crippen MR) is 93.5 cm³/mol. The summed E-state index contributed by atoms with van der Waals surface area (Å²) in [5, 5.41) is 3.90. The van der Waals surface area contributed by atoms with Gasteiger partial charge in [-0.1, -0.05) is 47.5 Å². The summed E-state index contributed by atoms with van der Waals surface area (Å²) in [6, 6.07) is 0.804. The number of rotatable bonds is 4. The lowest BCUT2D eigenvalue weighted by molar-refractivity contribution is 0.101. The second-order valence-electron chi connectivity index (χ2n) is 9.09. The lowest BCUT2D eigenvalue weighted by Gasteiger charge is -2.43. The van der Waals surface area contributed by atoms with Crippen molar-refractivity contribution in [3.05, 3.63) is 0 Å². The molecule has 2 saturated carbocycles. The molecule has 0 radical (unpaired) electrons. The molecule has 2 aliphatic rings. The Morgan fingerprint density at radius 2 is 1.62 bits per heavy atom. The van der Waals surface area contributed by atoms with Gasteiger partial charge in [0.25, 0.3) is 0 Å². The molecule has 0 aromatic rings. The van der Waals surface area contributed by atoms with Crippen LogP contribution < -0.4 is 5.32 Å². The van der Waals surface area contributed by atoms with Crippen molar-refractivity contribution in [1.82, 2.24) is 5.32 Å². The van der Waals surface area contributed by atoms with Crippen LogP contribution in [0.25, 0.3) is 0 Å². The molecular formula is C20H39N. The first-order chi connectivity index (χ1) is 9.91. The lowest BCUT2D eigenvalue weighted by atomic mass is 9.65. The number of hydrogen-bond acceptors (Lipinski definition) is 1. The largest absolute Gasteiger partial charge is 0.314 e. The molecule has 21 heavy (non-hydrogen) atoms. The van der Waals surface area contributed by atoms with Crippen molar-refractivity contribution in [3.8, 4) is 0 Å². The van der Waals surface area contributed by atoms with Gasteiger partial charge in [0, 0.05) is 6.04 Å². The van der Waals surface area contributed by atoms with Gasteiger partial charge in [-0.3, -0.25) is 0 Å². The van der Waals surface area contributed by atoms with E-state index in [1.165, 1.54) is 51.4 Å². The van der Waals surface area contributed by atoms with Gasteiger partial charge in [0.2, 0.25) is 0 Å². The van der Waals surface area contributed by atoms with Gasteiger partial charge in [-0.15, -0.1) is 0 Å². The van der Waals surface area contributed by atoms with Gasteiger partial charge in [0.05, 0.1) is 0 Å². The third kappa shape index (κ3) is 4.71. The standard InChI is InChI=1S/C20H39N/c1-6-21-19(17-9-7-8-15(2)14-17)16-10-12-18(13-11-16)20(3,4)5/h15-19,21H,6-14H2,1-5H3. The first-order valence-electron chi connectivity index (χ1n) is 9.65. The zero-order valence-electron chi connectivity index (χ0n) is 15.3. The van der Waals surface area contributed by atoms with Gasteiger partial charge in [-0.05, 0) is 74.2 Å². The maximum absolute atomic E-state index is 3.90. The van der Waals surface area contributed by atoms with E-state index >= 15 is 0 Å². The summed E-state index contributed by atoms with van der Waals surface area (Å²) < 4.78 is 0. The Hall–Kier alpha value is -0.0400. The Morgan fingerprint density at radius 1 is 0.952 bits per heavy atom. The van der Waals surface area contributed by atoms with Crippen LogP contribution in [0, 0.1) is 29.1 Å². The second-order valence-corrected chi connectivity index (χ2v) is 9.09. The summed E-state index contributed by atoms with van der Waals surface area (Å²) >= 11 is 0. The Morgan fingerprint density at radius 3 is 2.14 bits per heavy atom. The molecule has 0 spiro atoms. The molecule has 3 unspecified atom stereocenters. The van der Waals surface area contributed by atoms with E-state index < -0.39 is 0 Å². The highest BCUT2D eigenvalue weighted by atomic mass is 14.9. The monoisotopic (exact) mass is 293 g/mol. The fourth-order valence-corrected chi connectivity index (χ4v) is 5.11. The Balaban J connectivity index is 1.93. The molecule has 0 saturated heterocycles. The Bertz CT molecular complexity index is 295. The summed E-state index contributed by atoms with van der Waals surface area (Å²) in [6.45, 7) is 13.2. The fraction of sp³-hybridized carbons (Fsp3) is 1.00. The van der Waals surface area contributed by atoms with Crippen LogP contribution >= 0.6 is 0 Å². The molecule has 1 nitrogen and oxygen atoms in total. The van der Waals surface area contributed by atoms with Crippen LogP contribution in [0.1, 0.15) is 86.0 Å². The summed E-state index contributed by atoms with van der Waals surface area (Å²) in [5.41, 5.74) is 0.512. The van der Waals surface area contributed by atoms with Crippen molar-refractivity contribution in [1.29, 1.82) is 0 Å². The molecule has 124 valence electrons. The average Bonchev–Trinajstić information content (AvgIpc) is 2.44. The van der Waals surface area contributed by atoms with Gasteiger partial charge >= 0.3 is 0 Å². The van der Waals surface area contributed by atoms with Crippen LogP contribution in [0.5, 0.6) is 0 Å². The third-order valence-corrected chi connectivity index (χ3v) is 6.43. The molecule has 0 aromatic heterocycles. The number of nitrogens with one attached hydrogen (secondary N) is 1. The van der Waals surface area contributed by atoms with Crippen molar-refractivity contribution in [3.63, 3.8) is 0 Å². The molecule has 0 bridgehead atoms. The highest BCUT2D eigenvalue weighted by Crippen LogP contribution is 2.43. The van der Waals surface area contributed by atoms with Crippen molar-refractivity contribution in [2.45, 2.75) is 92.0 Å². The molecule has 2 aliphatic carbocycles. The minimum Gasteiger partial charge on any atom is -0.314 e. The number of hydrogen-bond donors (Lipinski definition) is 1. The van der Waals surface area contributed by atoms with Crippen molar-refractivity contribution in [2.24, 2.45) is 29.1 Å². The van der Waals surface area contributed by atoms with E-state index in [4.69, 9.17) is 0 Å². The molecule has 2 fully saturated rings. The van der Waals surface area contributed by atoms with E-state index in [9.17, 15) is 0 Å². The Kier molecular flexibility index (Phi) is 6.17. The van der Waals surface area contributed by atoms with E-state index in [2.05, 4.69) is 39.9 Å². The van der Waals surface area contributed by atoms with Gasteiger partial charge in [0.15, 0.2) is 0 Å². The quantitative estimate of drug-likeness (QED) is 0.707. The van der Waals surface area contributed by atoms with Crippen LogP contribution in [-0.4, -0.2) is 12.6 Å². The summed E-state index contributed by atoms with van der Waals surface area (Å²) in [5.74, 6) is 3.79. The van der Waals surface area contributed by atoms with Crippen LogP contribution in [-0.2, 0) is 0 Å². The minimum absolute atomic E-state index is 0.512. The van der Waals surface area contributed by atoms with E-state index in [0.717, 1.165) is 36.3 Å². The van der Waals surface area contributed by atoms with Gasteiger partial charge in [-0.25, -0.2) is 0 Å². The highest BCUT2D eigenvalue weighted by molar-refractivity contribution is 4.90. The van der Waals surface area contributed by atoms with Crippen LogP contribution in [0.2, 0.25) is 0 Å². The normalized spacial score (nSPS) is 36.4. The molecule has 0 heterocycles. The van der Waals surface area contributed by atoms with Gasteiger partial charge in [-0.2, -0.15) is 0 Å². The fourth-order valence-electron chi connectivity index (χ4n) is 5.11. The average molecular weight is 294 g/mol. The molecule has 1 heteroatoms. The molecular weight excluding hydrogens is 254 g/mol. The van der Waals surface area contributed by atoms with Crippen LogP contribution in [0.4, 0.5) is 0 Å². The minimum atomic E-state index is 0.512. The molecule has 0 aliphatic heterocycles. The van der Waals surface area contributed by atoms with Gasteiger partial charge < -0.3 is 5.32 Å².